The fourth-order valence-electron chi connectivity index (χ4n) is 4.44. The van der Waals surface area contributed by atoms with Gasteiger partial charge in [0.25, 0.3) is 0 Å². The summed E-state index contributed by atoms with van der Waals surface area (Å²) in [6.07, 6.45) is -0.560. The van der Waals surface area contributed by atoms with Crippen molar-refractivity contribution in [3.63, 3.8) is 0 Å². The fraction of sp³-hybridized carbons (Fsp3) is 0.480. The molecule has 1 aliphatic carbocycles. The van der Waals surface area contributed by atoms with Gasteiger partial charge in [-0.15, -0.1) is 0 Å². The zero-order valence-electron chi connectivity index (χ0n) is 18.7. The van der Waals surface area contributed by atoms with Crippen molar-refractivity contribution in [3.05, 3.63) is 64.2 Å². The molecule has 0 fully saturated rings. The molecular formula is C25H31F3N2O2. The molecule has 1 N–H and O–H groups in total. The largest absolute Gasteiger partial charge is 0.465 e. The van der Waals surface area contributed by atoms with Crippen LogP contribution in [0.2, 0.25) is 0 Å². The van der Waals surface area contributed by atoms with Crippen LogP contribution in [0, 0.1) is 0 Å². The van der Waals surface area contributed by atoms with Gasteiger partial charge in [-0.2, -0.15) is 13.2 Å². The number of hydrogen-bond acceptors (Lipinski definition) is 2. The van der Waals surface area contributed by atoms with Crippen molar-refractivity contribution in [1.82, 2.24) is 4.90 Å². The molecule has 2 aromatic rings. The van der Waals surface area contributed by atoms with Crippen LogP contribution in [0.4, 0.5) is 23.7 Å². The lowest BCUT2D eigenvalue weighted by atomic mass is 10.0. The molecule has 32 heavy (non-hydrogen) atoms. The highest BCUT2D eigenvalue weighted by Gasteiger charge is 2.30. The van der Waals surface area contributed by atoms with Gasteiger partial charge in [-0.05, 0) is 72.6 Å². The third-order valence-corrected chi connectivity index (χ3v) is 5.88. The Morgan fingerprint density at radius 1 is 1.00 bits per heavy atom. The van der Waals surface area contributed by atoms with Crippen LogP contribution in [0.25, 0.3) is 0 Å². The van der Waals surface area contributed by atoms with E-state index in [1.165, 1.54) is 28.2 Å². The van der Waals surface area contributed by atoms with Gasteiger partial charge in [0.05, 0.1) is 12.1 Å². The van der Waals surface area contributed by atoms with E-state index in [-0.39, 0.29) is 13.1 Å². The smallest absolute Gasteiger partial charge is 0.416 e. The van der Waals surface area contributed by atoms with Gasteiger partial charge in [0.1, 0.15) is 0 Å². The molecule has 0 saturated carbocycles. The Hall–Kier alpha value is -2.70. The number of anilines is 1. The van der Waals surface area contributed by atoms with Crippen molar-refractivity contribution in [2.24, 2.45) is 0 Å². The van der Waals surface area contributed by atoms with E-state index in [4.69, 9.17) is 0 Å². The lowest BCUT2D eigenvalue weighted by molar-refractivity contribution is -0.137. The molecule has 7 heteroatoms. The summed E-state index contributed by atoms with van der Waals surface area (Å²) in [5.41, 5.74) is 4.09. The Balaban J connectivity index is 1.93. The van der Waals surface area contributed by atoms with Crippen molar-refractivity contribution in [1.29, 1.82) is 0 Å². The van der Waals surface area contributed by atoms with E-state index in [1.54, 1.807) is 0 Å². The van der Waals surface area contributed by atoms with Crippen molar-refractivity contribution in [3.8, 4) is 0 Å². The van der Waals surface area contributed by atoms with Gasteiger partial charge in [0.15, 0.2) is 0 Å². The van der Waals surface area contributed by atoms with E-state index in [1.807, 2.05) is 0 Å². The highest BCUT2D eigenvalue weighted by Crippen LogP contribution is 2.33. The van der Waals surface area contributed by atoms with Gasteiger partial charge in [-0.1, -0.05) is 32.0 Å². The minimum Gasteiger partial charge on any atom is -0.465 e. The summed E-state index contributed by atoms with van der Waals surface area (Å²) >= 11 is 0. The number of fused-ring (bicyclic) bond motifs is 1. The number of rotatable bonds is 9. The molecule has 0 unspecified atom stereocenters. The fourth-order valence-corrected chi connectivity index (χ4v) is 4.44. The van der Waals surface area contributed by atoms with Crippen LogP contribution in [-0.4, -0.2) is 29.2 Å². The summed E-state index contributed by atoms with van der Waals surface area (Å²) in [5.74, 6) is 0. The highest BCUT2D eigenvalue weighted by atomic mass is 19.4. The maximum Gasteiger partial charge on any atom is 0.416 e. The molecule has 0 atom stereocenters. The summed E-state index contributed by atoms with van der Waals surface area (Å²) in [5, 5.41) is 9.84. The summed E-state index contributed by atoms with van der Waals surface area (Å²) in [4.78, 5) is 15.6. The zero-order chi connectivity index (χ0) is 23.3. The second-order valence-corrected chi connectivity index (χ2v) is 8.43. The molecule has 1 aliphatic rings. The first-order valence-electron chi connectivity index (χ1n) is 11.3. The molecule has 1 amide bonds. The summed E-state index contributed by atoms with van der Waals surface area (Å²) in [6.45, 7) is 6.02. The molecule has 4 nitrogen and oxygen atoms in total. The van der Waals surface area contributed by atoms with E-state index in [2.05, 4.69) is 30.9 Å². The molecule has 0 aromatic heterocycles. The van der Waals surface area contributed by atoms with Crippen LogP contribution in [0.3, 0.4) is 0 Å². The second-order valence-electron chi connectivity index (χ2n) is 8.43. The van der Waals surface area contributed by atoms with Gasteiger partial charge in [-0.25, -0.2) is 4.79 Å². The van der Waals surface area contributed by atoms with Gasteiger partial charge >= 0.3 is 12.3 Å². The highest BCUT2D eigenvalue weighted by molar-refractivity contribution is 5.66. The van der Waals surface area contributed by atoms with E-state index in [9.17, 15) is 23.1 Å². The molecule has 0 aliphatic heterocycles. The third-order valence-electron chi connectivity index (χ3n) is 5.88. The first-order chi connectivity index (χ1) is 15.2. The van der Waals surface area contributed by atoms with Gasteiger partial charge in [-0.3, -0.25) is 4.90 Å². The van der Waals surface area contributed by atoms with Crippen LogP contribution in [-0.2, 0) is 32.1 Å². The molecule has 0 radical (unpaired) electrons. The number of carboxylic acid groups (broad SMARTS) is 1. The number of alkyl halides is 3. The monoisotopic (exact) mass is 448 g/mol. The van der Waals surface area contributed by atoms with Crippen LogP contribution in [0.1, 0.15) is 60.9 Å². The topological polar surface area (TPSA) is 43.8 Å². The Kier molecular flexibility index (Phi) is 7.69. The third kappa shape index (κ3) is 5.75. The summed E-state index contributed by atoms with van der Waals surface area (Å²) in [6, 6.07) is 9.20. The Morgan fingerprint density at radius 3 is 2.25 bits per heavy atom. The molecule has 3 rings (SSSR count). The molecular weight excluding hydrogens is 417 g/mol. The minimum absolute atomic E-state index is 0.0999. The van der Waals surface area contributed by atoms with Crippen molar-refractivity contribution < 1.29 is 23.1 Å². The molecule has 2 aromatic carbocycles. The number of amides is 1. The molecule has 0 heterocycles. The Labute approximate surface area is 187 Å². The lowest BCUT2D eigenvalue weighted by Crippen LogP contribution is -2.31. The first-order valence-corrected chi connectivity index (χ1v) is 11.3. The van der Waals surface area contributed by atoms with Crippen molar-refractivity contribution in [2.45, 2.75) is 65.2 Å². The summed E-state index contributed by atoms with van der Waals surface area (Å²) in [7, 11) is 0. The van der Waals surface area contributed by atoms with E-state index < -0.39 is 17.8 Å². The molecule has 0 bridgehead atoms. The molecule has 174 valence electrons. The number of benzene rings is 2. The Bertz CT molecular complexity index is 937. The average Bonchev–Trinajstić information content (AvgIpc) is 3.19. The average molecular weight is 449 g/mol. The number of halogens is 3. The van der Waals surface area contributed by atoms with E-state index >= 15 is 0 Å². The molecule has 0 saturated heterocycles. The van der Waals surface area contributed by atoms with Crippen LogP contribution >= 0.6 is 0 Å². The normalized spacial score (nSPS) is 13.2. The Morgan fingerprint density at radius 2 is 1.66 bits per heavy atom. The predicted octanol–water partition coefficient (Wildman–Crippen LogP) is 6.50. The SMILES string of the molecule is CCCN(CCC)c1cc2c(cc1CN(Cc1cccc(C(F)(F)F)c1)C(=O)O)CCC2. The number of hydrogen-bond donors (Lipinski definition) is 1. The minimum atomic E-state index is -4.46. The van der Waals surface area contributed by atoms with Crippen molar-refractivity contribution in [2.75, 3.05) is 18.0 Å². The number of aryl methyl sites for hydroxylation is 2. The predicted molar refractivity (Wildman–Crippen MR) is 120 cm³/mol. The lowest BCUT2D eigenvalue weighted by Gasteiger charge is -2.29. The van der Waals surface area contributed by atoms with Gasteiger partial charge in [0.2, 0.25) is 0 Å². The standard InChI is InChI=1S/C25H31F3N2O2/c1-3-11-29(12-4-2)23-15-20-9-6-8-19(20)14-21(23)17-30(24(31)32)16-18-7-5-10-22(13-18)25(26,27)28/h5,7,10,13-15H,3-4,6,8-9,11-12,16-17H2,1-2H3,(H,31,32). The summed E-state index contributed by atoms with van der Waals surface area (Å²) < 4.78 is 39.3. The number of nitrogens with zero attached hydrogens (tertiary/aromatic N) is 2. The maximum absolute atomic E-state index is 13.1. The second kappa shape index (κ2) is 10.3. The quantitative estimate of drug-likeness (QED) is 0.476. The van der Waals surface area contributed by atoms with Gasteiger partial charge in [0, 0.05) is 25.3 Å². The number of carbonyl (C=O) groups is 1. The van der Waals surface area contributed by atoms with Gasteiger partial charge < -0.3 is 10.0 Å². The van der Waals surface area contributed by atoms with E-state index in [0.717, 1.165) is 68.6 Å². The maximum atomic E-state index is 13.1. The zero-order valence-corrected chi connectivity index (χ0v) is 18.7. The van der Waals surface area contributed by atoms with Crippen LogP contribution < -0.4 is 4.90 Å². The molecule has 0 spiro atoms. The van der Waals surface area contributed by atoms with Crippen LogP contribution in [0.5, 0.6) is 0 Å². The first kappa shape index (κ1) is 24.0. The van der Waals surface area contributed by atoms with Crippen molar-refractivity contribution >= 4 is 11.8 Å². The van der Waals surface area contributed by atoms with Crippen LogP contribution in [0.15, 0.2) is 36.4 Å². The van der Waals surface area contributed by atoms with E-state index in [0.29, 0.717) is 5.56 Å².